The predicted molar refractivity (Wildman–Crippen MR) is 66.4 cm³/mol. The number of hydrogen-bond acceptors (Lipinski definition) is 2. The Balaban J connectivity index is 1.70. The lowest BCUT2D eigenvalue weighted by Gasteiger charge is -2.38. The monoisotopic (exact) mass is 216 g/mol. The largest absolute Gasteiger partial charge is 0.314 e. The first-order valence-electron chi connectivity index (χ1n) is 6.35. The molecule has 0 unspecified atom stereocenters. The van der Waals surface area contributed by atoms with Gasteiger partial charge in [0.15, 0.2) is 0 Å². The van der Waals surface area contributed by atoms with Crippen molar-refractivity contribution in [2.45, 2.75) is 38.4 Å². The Morgan fingerprint density at radius 2 is 2.06 bits per heavy atom. The maximum Gasteiger partial charge on any atom is 0.0351 e. The van der Waals surface area contributed by atoms with Gasteiger partial charge in [-0.1, -0.05) is 29.8 Å². The summed E-state index contributed by atoms with van der Waals surface area (Å²) in [5.74, 6) is 0. The van der Waals surface area contributed by atoms with Crippen LogP contribution in [-0.2, 0) is 6.54 Å². The maximum absolute atomic E-state index is 3.38. The van der Waals surface area contributed by atoms with Crippen molar-refractivity contribution in [3.8, 4) is 0 Å². The molecule has 16 heavy (non-hydrogen) atoms. The highest BCUT2D eigenvalue weighted by atomic mass is 15.3. The second-order valence-corrected chi connectivity index (χ2v) is 5.20. The Morgan fingerprint density at radius 3 is 2.62 bits per heavy atom. The maximum atomic E-state index is 3.38. The van der Waals surface area contributed by atoms with Crippen LogP contribution in [0.2, 0.25) is 0 Å². The summed E-state index contributed by atoms with van der Waals surface area (Å²) in [6.07, 6.45) is 2.81. The zero-order valence-electron chi connectivity index (χ0n) is 9.95. The topological polar surface area (TPSA) is 15.3 Å². The van der Waals surface area contributed by atoms with Crippen LogP contribution in [-0.4, -0.2) is 30.1 Å². The first kappa shape index (κ1) is 10.3. The summed E-state index contributed by atoms with van der Waals surface area (Å²) in [7, 11) is 0. The van der Waals surface area contributed by atoms with Crippen molar-refractivity contribution in [2.75, 3.05) is 13.1 Å². The summed E-state index contributed by atoms with van der Waals surface area (Å²) in [5, 5.41) is 3.38. The van der Waals surface area contributed by atoms with Gasteiger partial charge in [0.2, 0.25) is 0 Å². The standard InChI is InChI=1S/C14H20N2/c1-11-3-2-4-12(7-11)10-16(13-5-6-13)14-8-15-9-14/h2-4,7,13-15H,5-6,8-10H2,1H3. The summed E-state index contributed by atoms with van der Waals surface area (Å²) in [6.45, 7) is 5.68. The fraction of sp³-hybridized carbons (Fsp3) is 0.571. The van der Waals surface area contributed by atoms with E-state index in [4.69, 9.17) is 0 Å². The Kier molecular flexibility index (Phi) is 2.70. The van der Waals surface area contributed by atoms with Gasteiger partial charge in [-0.2, -0.15) is 0 Å². The summed E-state index contributed by atoms with van der Waals surface area (Å²) < 4.78 is 0. The van der Waals surface area contributed by atoms with Gasteiger partial charge in [-0.05, 0) is 25.3 Å². The van der Waals surface area contributed by atoms with Crippen molar-refractivity contribution in [3.63, 3.8) is 0 Å². The van der Waals surface area contributed by atoms with Crippen molar-refractivity contribution in [2.24, 2.45) is 0 Å². The summed E-state index contributed by atoms with van der Waals surface area (Å²) in [5.41, 5.74) is 2.85. The van der Waals surface area contributed by atoms with E-state index in [2.05, 4.69) is 41.4 Å². The van der Waals surface area contributed by atoms with Crippen LogP contribution in [0.3, 0.4) is 0 Å². The van der Waals surface area contributed by atoms with E-state index in [0.29, 0.717) is 0 Å². The molecule has 1 aromatic carbocycles. The van der Waals surface area contributed by atoms with E-state index in [1.54, 1.807) is 0 Å². The molecule has 0 radical (unpaired) electrons. The molecular formula is C14H20N2. The molecule has 2 fully saturated rings. The Morgan fingerprint density at radius 1 is 1.25 bits per heavy atom. The van der Waals surface area contributed by atoms with Crippen LogP contribution < -0.4 is 5.32 Å². The van der Waals surface area contributed by atoms with Gasteiger partial charge >= 0.3 is 0 Å². The summed E-state index contributed by atoms with van der Waals surface area (Å²) in [6, 6.07) is 10.6. The minimum Gasteiger partial charge on any atom is -0.314 e. The van der Waals surface area contributed by atoms with Gasteiger partial charge in [-0.25, -0.2) is 0 Å². The first-order chi connectivity index (χ1) is 7.83. The minimum atomic E-state index is 0.785. The Labute approximate surface area is 97.6 Å². The van der Waals surface area contributed by atoms with Crippen molar-refractivity contribution in [3.05, 3.63) is 35.4 Å². The third kappa shape index (κ3) is 2.13. The van der Waals surface area contributed by atoms with Gasteiger partial charge in [0.05, 0.1) is 0 Å². The van der Waals surface area contributed by atoms with E-state index >= 15 is 0 Å². The molecular weight excluding hydrogens is 196 g/mol. The lowest BCUT2D eigenvalue weighted by Crippen LogP contribution is -2.57. The summed E-state index contributed by atoms with van der Waals surface area (Å²) >= 11 is 0. The highest BCUT2D eigenvalue weighted by Gasteiger charge is 2.36. The van der Waals surface area contributed by atoms with E-state index in [1.165, 1.54) is 37.1 Å². The van der Waals surface area contributed by atoms with Gasteiger partial charge in [0, 0.05) is 31.7 Å². The van der Waals surface area contributed by atoms with Crippen LogP contribution in [0.15, 0.2) is 24.3 Å². The van der Waals surface area contributed by atoms with Gasteiger partial charge in [0.25, 0.3) is 0 Å². The number of nitrogens with zero attached hydrogens (tertiary/aromatic N) is 1. The van der Waals surface area contributed by atoms with E-state index in [9.17, 15) is 0 Å². The molecule has 2 aliphatic rings. The van der Waals surface area contributed by atoms with E-state index in [0.717, 1.165) is 18.6 Å². The average molecular weight is 216 g/mol. The number of nitrogens with one attached hydrogen (secondary N) is 1. The zero-order chi connectivity index (χ0) is 11.0. The van der Waals surface area contributed by atoms with Crippen molar-refractivity contribution >= 4 is 0 Å². The number of benzene rings is 1. The highest BCUT2D eigenvalue weighted by Crippen LogP contribution is 2.31. The second kappa shape index (κ2) is 4.19. The molecule has 1 aromatic rings. The molecule has 0 aromatic heterocycles. The lowest BCUT2D eigenvalue weighted by molar-refractivity contribution is 0.129. The van der Waals surface area contributed by atoms with Crippen molar-refractivity contribution in [1.82, 2.24) is 10.2 Å². The van der Waals surface area contributed by atoms with Crippen LogP contribution in [0.4, 0.5) is 0 Å². The first-order valence-corrected chi connectivity index (χ1v) is 6.35. The van der Waals surface area contributed by atoms with Crippen molar-refractivity contribution < 1.29 is 0 Å². The third-order valence-electron chi connectivity index (χ3n) is 3.69. The molecule has 1 N–H and O–H groups in total. The summed E-state index contributed by atoms with van der Waals surface area (Å²) in [4.78, 5) is 2.70. The second-order valence-electron chi connectivity index (χ2n) is 5.20. The van der Waals surface area contributed by atoms with Crippen molar-refractivity contribution in [1.29, 1.82) is 0 Å². The molecule has 1 saturated carbocycles. The molecule has 0 atom stereocenters. The van der Waals surface area contributed by atoms with Gasteiger partial charge in [-0.3, -0.25) is 4.90 Å². The lowest BCUT2D eigenvalue weighted by atomic mass is 10.1. The van der Waals surface area contributed by atoms with Crippen LogP contribution in [0, 0.1) is 6.92 Å². The molecule has 1 heterocycles. The van der Waals surface area contributed by atoms with E-state index in [-0.39, 0.29) is 0 Å². The van der Waals surface area contributed by atoms with E-state index in [1.807, 2.05) is 0 Å². The van der Waals surface area contributed by atoms with Gasteiger partial charge in [-0.15, -0.1) is 0 Å². The normalized spacial score (nSPS) is 21.1. The molecule has 86 valence electrons. The average Bonchev–Trinajstić information content (AvgIpc) is 2.97. The third-order valence-corrected chi connectivity index (χ3v) is 3.69. The van der Waals surface area contributed by atoms with E-state index < -0.39 is 0 Å². The molecule has 1 aliphatic carbocycles. The van der Waals surface area contributed by atoms with Gasteiger partial charge in [0.1, 0.15) is 0 Å². The fourth-order valence-corrected chi connectivity index (χ4v) is 2.49. The smallest absolute Gasteiger partial charge is 0.0351 e. The molecule has 2 heteroatoms. The van der Waals surface area contributed by atoms with Crippen LogP contribution in [0.1, 0.15) is 24.0 Å². The Bertz CT molecular complexity index is 367. The molecule has 2 nitrogen and oxygen atoms in total. The van der Waals surface area contributed by atoms with Crippen LogP contribution in [0.25, 0.3) is 0 Å². The Hall–Kier alpha value is -0.860. The quantitative estimate of drug-likeness (QED) is 0.827. The highest BCUT2D eigenvalue weighted by molar-refractivity contribution is 5.22. The van der Waals surface area contributed by atoms with Crippen LogP contribution in [0.5, 0.6) is 0 Å². The molecule has 1 aliphatic heterocycles. The van der Waals surface area contributed by atoms with Crippen LogP contribution >= 0.6 is 0 Å². The molecule has 3 rings (SSSR count). The number of hydrogen-bond donors (Lipinski definition) is 1. The minimum absolute atomic E-state index is 0.785. The molecule has 0 spiro atoms. The molecule has 0 bridgehead atoms. The predicted octanol–water partition coefficient (Wildman–Crippen LogP) is 1.93. The number of rotatable bonds is 4. The SMILES string of the molecule is Cc1cccc(CN(C2CC2)C2CNC2)c1. The molecule has 0 amide bonds. The molecule has 1 saturated heterocycles. The zero-order valence-corrected chi connectivity index (χ0v) is 9.95. The fourth-order valence-electron chi connectivity index (χ4n) is 2.49. The van der Waals surface area contributed by atoms with Gasteiger partial charge < -0.3 is 5.32 Å². The number of aryl methyl sites for hydroxylation is 1.